The number of hydrogen-bond donors (Lipinski definition) is 2. The van der Waals surface area contributed by atoms with Gasteiger partial charge in [0.1, 0.15) is 5.75 Å². The van der Waals surface area contributed by atoms with E-state index in [0.717, 1.165) is 24.1 Å². The van der Waals surface area contributed by atoms with Gasteiger partial charge in [0.25, 0.3) is 0 Å². The lowest BCUT2D eigenvalue weighted by molar-refractivity contribution is -0.114. The number of ether oxygens (including phenoxy) is 1. The summed E-state index contributed by atoms with van der Waals surface area (Å²) in [6.07, 6.45) is 2.18. The van der Waals surface area contributed by atoms with E-state index in [-0.39, 0.29) is 12.5 Å². The first kappa shape index (κ1) is 17.7. The summed E-state index contributed by atoms with van der Waals surface area (Å²) >= 11 is 6.12. The van der Waals surface area contributed by atoms with E-state index in [9.17, 15) is 4.79 Å². The van der Waals surface area contributed by atoms with Crippen LogP contribution in [0.5, 0.6) is 5.75 Å². The van der Waals surface area contributed by atoms with E-state index in [1.807, 2.05) is 13.0 Å². The summed E-state index contributed by atoms with van der Waals surface area (Å²) in [5, 5.41) is 9.29. The largest absolute Gasteiger partial charge is 0.495 e. The zero-order valence-electron chi connectivity index (χ0n) is 15.4. The minimum Gasteiger partial charge on any atom is -0.495 e. The van der Waals surface area contributed by atoms with Gasteiger partial charge in [0.2, 0.25) is 5.91 Å². The molecule has 1 aliphatic carbocycles. The van der Waals surface area contributed by atoms with E-state index < -0.39 is 0 Å². The Morgan fingerprint density at radius 1 is 1.11 bits per heavy atom. The van der Waals surface area contributed by atoms with Gasteiger partial charge in [0, 0.05) is 22.2 Å². The van der Waals surface area contributed by atoms with Crippen LogP contribution in [0.4, 0.5) is 11.4 Å². The van der Waals surface area contributed by atoms with Crippen LogP contribution in [-0.4, -0.2) is 19.6 Å². The Balaban J connectivity index is 1.51. The van der Waals surface area contributed by atoms with Crippen LogP contribution in [0.15, 0.2) is 42.5 Å². The van der Waals surface area contributed by atoms with Crippen LogP contribution in [0, 0.1) is 6.92 Å². The predicted molar refractivity (Wildman–Crippen MR) is 111 cm³/mol. The fraction of sp³-hybridized carbons (Fsp3) is 0.227. The van der Waals surface area contributed by atoms with Gasteiger partial charge in [-0.3, -0.25) is 4.79 Å². The van der Waals surface area contributed by atoms with Gasteiger partial charge in [-0.25, -0.2) is 0 Å². The van der Waals surface area contributed by atoms with Crippen molar-refractivity contribution in [3.8, 4) is 5.75 Å². The highest BCUT2D eigenvalue weighted by Gasteiger charge is 2.16. The molecule has 1 aliphatic rings. The maximum Gasteiger partial charge on any atom is 0.243 e. The second kappa shape index (κ2) is 7.12. The SMILES string of the molecule is COc1cc(Cl)c(C)cc1NC(=O)CNc1ccc2c3c(cccc13)CC2. The number of amides is 1. The number of methoxy groups -OCH3 is 1. The average Bonchev–Trinajstić information content (AvgIpc) is 3.09. The first-order valence-corrected chi connectivity index (χ1v) is 9.36. The van der Waals surface area contributed by atoms with Crippen molar-refractivity contribution in [2.75, 3.05) is 24.3 Å². The summed E-state index contributed by atoms with van der Waals surface area (Å²) in [4.78, 5) is 12.5. The summed E-state index contributed by atoms with van der Waals surface area (Å²) in [7, 11) is 1.56. The number of benzene rings is 3. The number of carbonyl (C=O) groups excluding carboxylic acids is 1. The second-order valence-corrected chi connectivity index (χ2v) is 7.22. The van der Waals surface area contributed by atoms with Crippen LogP contribution in [0.1, 0.15) is 16.7 Å². The molecule has 0 spiro atoms. The normalized spacial score (nSPS) is 12.3. The standard InChI is InChI=1S/C22H21ClN2O2/c1-13-10-19(20(27-2)11-17(13)23)25-21(26)12-24-18-9-8-15-7-6-14-4-3-5-16(18)22(14)15/h3-5,8-11,24H,6-7,12H2,1-2H3,(H,25,26). The maximum atomic E-state index is 12.5. The summed E-state index contributed by atoms with van der Waals surface area (Å²) in [6, 6.07) is 14.1. The Hall–Kier alpha value is -2.72. The summed E-state index contributed by atoms with van der Waals surface area (Å²) in [5.74, 6) is 0.405. The highest BCUT2D eigenvalue weighted by Crippen LogP contribution is 2.35. The van der Waals surface area contributed by atoms with Gasteiger partial charge in [-0.15, -0.1) is 0 Å². The van der Waals surface area contributed by atoms with Gasteiger partial charge in [0.05, 0.1) is 19.3 Å². The van der Waals surface area contributed by atoms with Crippen LogP contribution in [0.3, 0.4) is 0 Å². The van der Waals surface area contributed by atoms with E-state index in [2.05, 4.69) is 41.0 Å². The van der Waals surface area contributed by atoms with Gasteiger partial charge in [-0.1, -0.05) is 35.9 Å². The summed E-state index contributed by atoms with van der Waals surface area (Å²) in [6.45, 7) is 2.06. The molecule has 0 heterocycles. The quantitative estimate of drug-likeness (QED) is 0.657. The third kappa shape index (κ3) is 3.33. The monoisotopic (exact) mass is 380 g/mol. The number of anilines is 2. The number of rotatable bonds is 5. The van der Waals surface area contributed by atoms with E-state index >= 15 is 0 Å². The molecule has 0 aliphatic heterocycles. The molecule has 0 unspecified atom stereocenters. The lowest BCUT2D eigenvalue weighted by Crippen LogP contribution is -2.22. The molecule has 0 saturated carbocycles. The summed E-state index contributed by atoms with van der Waals surface area (Å²) in [5.41, 5.74) is 5.25. The van der Waals surface area contributed by atoms with Crippen molar-refractivity contribution < 1.29 is 9.53 Å². The number of aryl methyl sites for hydroxylation is 3. The Labute approximate surface area is 163 Å². The average molecular weight is 381 g/mol. The van der Waals surface area contributed by atoms with Crippen molar-refractivity contribution >= 4 is 39.7 Å². The highest BCUT2D eigenvalue weighted by atomic mass is 35.5. The third-order valence-electron chi connectivity index (χ3n) is 5.07. The van der Waals surface area contributed by atoms with Gasteiger partial charge in [-0.05, 0) is 54.0 Å². The molecule has 3 aromatic rings. The number of halogens is 1. The first-order valence-electron chi connectivity index (χ1n) is 8.98. The Morgan fingerprint density at radius 2 is 1.89 bits per heavy atom. The number of nitrogens with one attached hydrogen (secondary N) is 2. The van der Waals surface area contributed by atoms with Crippen LogP contribution in [0.25, 0.3) is 10.8 Å². The maximum absolute atomic E-state index is 12.5. The minimum atomic E-state index is -0.140. The highest BCUT2D eigenvalue weighted by molar-refractivity contribution is 6.31. The van der Waals surface area contributed by atoms with E-state index in [4.69, 9.17) is 16.3 Å². The number of hydrogen-bond acceptors (Lipinski definition) is 3. The lowest BCUT2D eigenvalue weighted by Gasteiger charge is -2.14. The van der Waals surface area contributed by atoms with Crippen LogP contribution in [0.2, 0.25) is 5.02 Å². The molecule has 4 rings (SSSR count). The first-order chi connectivity index (χ1) is 13.1. The third-order valence-corrected chi connectivity index (χ3v) is 5.48. The molecular formula is C22H21ClN2O2. The van der Waals surface area contributed by atoms with Crippen molar-refractivity contribution in [2.24, 2.45) is 0 Å². The van der Waals surface area contributed by atoms with Gasteiger partial charge in [-0.2, -0.15) is 0 Å². The van der Waals surface area contributed by atoms with Crippen LogP contribution in [-0.2, 0) is 17.6 Å². The number of carbonyl (C=O) groups is 1. The molecule has 0 fully saturated rings. The van der Waals surface area contributed by atoms with Gasteiger partial charge in [0.15, 0.2) is 0 Å². The molecule has 0 radical (unpaired) electrons. The van der Waals surface area contributed by atoms with E-state index in [1.54, 1.807) is 13.2 Å². The topological polar surface area (TPSA) is 50.4 Å². The molecular weight excluding hydrogens is 360 g/mol. The second-order valence-electron chi connectivity index (χ2n) is 6.82. The molecule has 0 bridgehead atoms. The molecule has 3 aromatic carbocycles. The van der Waals surface area contributed by atoms with Crippen LogP contribution < -0.4 is 15.4 Å². The summed E-state index contributed by atoms with van der Waals surface area (Å²) < 4.78 is 5.32. The Morgan fingerprint density at radius 3 is 2.67 bits per heavy atom. The zero-order chi connectivity index (χ0) is 19.0. The fourth-order valence-corrected chi connectivity index (χ4v) is 3.85. The molecule has 5 heteroatoms. The van der Waals surface area contributed by atoms with Gasteiger partial charge < -0.3 is 15.4 Å². The molecule has 4 nitrogen and oxygen atoms in total. The predicted octanol–water partition coefficient (Wildman–Crippen LogP) is 4.96. The van der Waals surface area contributed by atoms with Crippen molar-refractivity contribution in [2.45, 2.75) is 19.8 Å². The smallest absolute Gasteiger partial charge is 0.243 e. The Kier molecular flexibility index (Phi) is 4.66. The van der Waals surface area contributed by atoms with E-state index in [0.29, 0.717) is 16.5 Å². The van der Waals surface area contributed by atoms with Crippen molar-refractivity contribution in [3.63, 3.8) is 0 Å². The van der Waals surface area contributed by atoms with Crippen LogP contribution >= 0.6 is 11.6 Å². The lowest BCUT2D eigenvalue weighted by atomic mass is 10.0. The fourth-order valence-electron chi connectivity index (χ4n) is 3.70. The molecule has 0 saturated heterocycles. The molecule has 27 heavy (non-hydrogen) atoms. The van der Waals surface area contributed by atoms with E-state index in [1.165, 1.54) is 21.9 Å². The Bertz CT molecular complexity index is 1040. The van der Waals surface area contributed by atoms with Crippen molar-refractivity contribution in [3.05, 3.63) is 64.2 Å². The molecule has 2 N–H and O–H groups in total. The molecule has 0 aromatic heterocycles. The zero-order valence-corrected chi connectivity index (χ0v) is 16.1. The molecule has 138 valence electrons. The van der Waals surface area contributed by atoms with Crippen molar-refractivity contribution in [1.82, 2.24) is 0 Å². The van der Waals surface area contributed by atoms with Gasteiger partial charge >= 0.3 is 0 Å². The molecule has 0 atom stereocenters. The van der Waals surface area contributed by atoms with Crippen molar-refractivity contribution in [1.29, 1.82) is 0 Å². The molecule has 1 amide bonds. The minimum absolute atomic E-state index is 0.140.